The molecule has 0 unspecified atom stereocenters. The van der Waals surface area contributed by atoms with E-state index >= 15 is 0 Å². The standard InChI is InChI=1S/C2H2N2Se3/c5-1-3-4-2(6)7-1/h(H,3,5)(H,4,6). The Morgan fingerprint density at radius 3 is 1.71 bits per heavy atom. The summed E-state index contributed by atoms with van der Waals surface area (Å²) in [7, 11) is 0. The van der Waals surface area contributed by atoms with Crippen molar-refractivity contribution in [3.8, 4) is 0 Å². The molecule has 5 heteroatoms. The van der Waals surface area contributed by atoms with Crippen LogP contribution in [-0.4, -0.2) is 56.7 Å². The molecule has 2 nitrogen and oxygen atoms in total. The van der Waals surface area contributed by atoms with E-state index < -0.39 is 0 Å². The zero-order valence-corrected chi connectivity index (χ0v) is 8.66. The van der Waals surface area contributed by atoms with Gasteiger partial charge in [-0.05, 0) is 0 Å². The summed E-state index contributed by atoms with van der Waals surface area (Å²) in [5.41, 5.74) is 0. The van der Waals surface area contributed by atoms with Gasteiger partial charge in [0.1, 0.15) is 0 Å². The first-order chi connectivity index (χ1) is 3.29. The van der Waals surface area contributed by atoms with Gasteiger partial charge in [-0.25, -0.2) is 0 Å². The number of nitrogens with zero attached hydrogens (tertiary/aromatic N) is 2. The van der Waals surface area contributed by atoms with E-state index in [0.717, 1.165) is 6.93 Å². The topological polar surface area (TPSA) is 25.8 Å². The van der Waals surface area contributed by atoms with Gasteiger partial charge >= 0.3 is 63.7 Å². The Kier molecular flexibility index (Phi) is 2.11. The van der Waals surface area contributed by atoms with E-state index in [1.165, 1.54) is 0 Å². The Morgan fingerprint density at radius 2 is 1.57 bits per heavy atom. The summed E-state index contributed by atoms with van der Waals surface area (Å²) in [5, 5.41) is 7.61. The summed E-state index contributed by atoms with van der Waals surface area (Å²) >= 11 is 5.26. The summed E-state index contributed by atoms with van der Waals surface area (Å²) in [4.78, 5) is 0. The van der Waals surface area contributed by atoms with Crippen LogP contribution < -0.4 is 6.93 Å². The SMILES string of the molecule is [SeH]c1nnc([SeH])[se]1. The second kappa shape index (κ2) is 2.45. The molecule has 1 aromatic rings. The number of aromatic nitrogens is 2. The molecule has 0 radical (unpaired) electrons. The average molecular weight is 291 g/mol. The van der Waals surface area contributed by atoms with Crippen molar-refractivity contribution in [1.29, 1.82) is 0 Å². The summed E-state index contributed by atoms with van der Waals surface area (Å²) in [5.74, 6) is 0. The predicted molar refractivity (Wildman–Crippen MR) is 32.5 cm³/mol. The van der Waals surface area contributed by atoms with Crippen LogP contribution in [0.15, 0.2) is 0 Å². The zero-order chi connectivity index (χ0) is 5.28. The molecule has 0 fully saturated rings. The maximum absolute atomic E-state index is 3.81. The second-order valence-corrected chi connectivity index (χ2v) is 7.65. The van der Waals surface area contributed by atoms with Crippen LogP contribution in [0.1, 0.15) is 0 Å². The molecule has 0 aliphatic rings. The van der Waals surface area contributed by atoms with Crippen molar-refractivity contribution in [2.24, 2.45) is 0 Å². The molecule has 0 aliphatic heterocycles. The third kappa shape index (κ3) is 1.69. The van der Waals surface area contributed by atoms with Crippen LogP contribution in [0.25, 0.3) is 0 Å². The quantitative estimate of drug-likeness (QED) is 0.465. The van der Waals surface area contributed by atoms with Gasteiger partial charge in [-0.1, -0.05) is 0 Å². The van der Waals surface area contributed by atoms with E-state index in [1.54, 1.807) is 0 Å². The van der Waals surface area contributed by atoms with Crippen molar-refractivity contribution in [2.75, 3.05) is 0 Å². The molecule has 0 saturated heterocycles. The fourth-order valence-corrected chi connectivity index (χ4v) is 4.73. The summed E-state index contributed by atoms with van der Waals surface area (Å²) in [6.07, 6.45) is 0. The first-order valence-electron chi connectivity index (χ1n) is 1.50. The fraction of sp³-hybridized carbons (Fsp3) is 0. The Hall–Kier alpha value is 0.898. The monoisotopic (exact) mass is 294 g/mol. The van der Waals surface area contributed by atoms with Gasteiger partial charge in [-0.2, -0.15) is 0 Å². The first-order valence-corrected chi connectivity index (χ1v) is 5.09. The van der Waals surface area contributed by atoms with E-state index in [0.29, 0.717) is 14.5 Å². The second-order valence-electron chi connectivity index (χ2n) is 0.867. The van der Waals surface area contributed by atoms with Gasteiger partial charge in [0, 0.05) is 0 Å². The van der Waals surface area contributed by atoms with Gasteiger partial charge in [-0.3, -0.25) is 0 Å². The van der Waals surface area contributed by atoms with Crippen molar-refractivity contribution in [3.63, 3.8) is 0 Å². The molecule has 0 N–H and O–H groups in total. The van der Waals surface area contributed by atoms with Crippen LogP contribution in [0, 0.1) is 0 Å². The molecule has 7 heavy (non-hydrogen) atoms. The van der Waals surface area contributed by atoms with E-state index in [2.05, 4.69) is 42.2 Å². The van der Waals surface area contributed by atoms with Crippen LogP contribution in [-0.2, 0) is 0 Å². The van der Waals surface area contributed by atoms with Gasteiger partial charge in [0.25, 0.3) is 0 Å². The van der Waals surface area contributed by atoms with Gasteiger partial charge in [0.15, 0.2) is 0 Å². The van der Waals surface area contributed by atoms with Gasteiger partial charge in [0.2, 0.25) is 0 Å². The molecule has 0 atom stereocenters. The minimum absolute atomic E-state index is 0.431. The van der Waals surface area contributed by atoms with E-state index in [4.69, 9.17) is 0 Å². The van der Waals surface area contributed by atoms with Crippen molar-refractivity contribution in [1.82, 2.24) is 10.2 Å². The molecule has 0 aliphatic carbocycles. The Labute approximate surface area is 63.5 Å². The van der Waals surface area contributed by atoms with Crippen molar-refractivity contribution in [3.05, 3.63) is 0 Å². The van der Waals surface area contributed by atoms with E-state index in [-0.39, 0.29) is 0 Å². The molecule has 38 valence electrons. The van der Waals surface area contributed by atoms with Gasteiger partial charge in [-0.15, -0.1) is 0 Å². The number of hydrogen-bond acceptors (Lipinski definition) is 2. The molecule has 0 aromatic carbocycles. The van der Waals surface area contributed by atoms with Crippen molar-refractivity contribution < 1.29 is 0 Å². The fourth-order valence-electron chi connectivity index (χ4n) is 0.208. The first kappa shape index (κ1) is 6.03. The predicted octanol–water partition coefficient (Wildman–Crippen LogP) is -3.41. The van der Waals surface area contributed by atoms with E-state index in [9.17, 15) is 0 Å². The number of hydrogen-bond donors (Lipinski definition) is 0. The zero-order valence-electron chi connectivity index (χ0n) is 3.20. The number of rotatable bonds is 0. The summed E-state index contributed by atoms with van der Waals surface area (Å²) < 4.78 is 2.21. The molecular weight excluding hydrogens is 289 g/mol. The van der Waals surface area contributed by atoms with Crippen molar-refractivity contribution in [2.45, 2.75) is 0 Å². The molecular formula is C2H2N2Se3. The summed E-state index contributed by atoms with van der Waals surface area (Å²) in [6.45, 7) is 0. The van der Waals surface area contributed by atoms with Crippen LogP contribution in [0.2, 0.25) is 0 Å². The van der Waals surface area contributed by atoms with Gasteiger partial charge in [0.05, 0.1) is 0 Å². The molecule has 1 rings (SSSR count). The van der Waals surface area contributed by atoms with Crippen LogP contribution >= 0.6 is 0 Å². The third-order valence-electron chi connectivity index (χ3n) is 0.404. The summed E-state index contributed by atoms with van der Waals surface area (Å²) in [6, 6.07) is 0. The molecule has 0 amide bonds. The molecule has 0 spiro atoms. The third-order valence-corrected chi connectivity index (χ3v) is 3.88. The Bertz CT molecular complexity index is 143. The molecule has 1 heterocycles. The maximum atomic E-state index is 3.81. The minimum atomic E-state index is 0.431. The Morgan fingerprint density at radius 1 is 1.14 bits per heavy atom. The molecule has 0 saturated carbocycles. The molecule has 0 bridgehead atoms. The Balaban J connectivity index is 3.04. The molecule has 1 aromatic heterocycles. The van der Waals surface area contributed by atoms with Crippen LogP contribution in [0.3, 0.4) is 0 Å². The van der Waals surface area contributed by atoms with E-state index in [1.807, 2.05) is 0 Å². The average Bonchev–Trinajstić information content (AvgIpc) is 1.87. The normalized spacial score (nSPS) is 9.43. The van der Waals surface area contributed by atoms with Crippen molar-refractivity contribution >= 4 is 53.5 Å². The van der Waals surface area contributed by atoms with Gasteiger partial charge < -0.3 is 0 Å². The van der Waals surface area contributed by atoms with Crippen LogP contribution in [0.5, 0.6) is 0 Å². The van der Waals surface area contributed by atoms with Crippen LogP contribution in [0.4, 0.5) is 0 Å².